The van der Waals surface area contributed by atoms with Crippen molar-refractivity contribution in [2.24, 2.45) is 5.41 Å². The van der Waals surface area contributed by atoms with Crippen LogP contribution in [0.5, 0.6) is 0 Å². The number of benzene rings is 1. The number of likely N-dealkylation sites (tertiary alicyclic amines) is 1. The van der Waals surface area contributed by atoms with Crippen LogP contribution in [0, 0.1) is 28.4 Å². The van der Waals surface area contributed by atoms with E-state index >= 15 is 0 Å². The first-order valence-corrected chi connectivity index (χ1v) is 11.9. The zero-order chi connectivity index (χ0) is 25.0. The number of rotatable bonds is 2. The lowest BCUT2D eigenvalue weighted by Gasteiger charge is -2.47. The van der Waals surface area contributed by atoms with Gasteiger partial charge in [0.1, 0.15) is 34.7 Å². The number of carbonyl (C=O) groups excluding carboxylic acids is 1. The molecule has 0 saturated carbocycles. The molecule has 0 atom stereocenters. The second kappa shape index (κ2) is 8.45. The number of nitrogens with zero attached hydrogens (tertiary/aromatic N) is 4. The molecule has 7 nitrogen and oxygen atoms in total. The number of fused-ring (bicyclic) bond motifs is 1. The average Bonchev–Trinajstić information content (AvgIpc) is 3.22. The minimum absolute atomic E-state index is 0.0826. The summed E-state index contributed by atoms with van der Waals surface area (Å²) in [7, 11) is 0. The van der Waals surface area contributed by atoms with Gasteiger partial charge >= 0.3 is 6.09 Å². The Morgan fingerprint density at radius 3 is 2.71 bits per heavy atom. The van der Waals surface area contributed by atoms with E-state index in [1.807, 2.05) is 20.8 Å². The third kappa shape index (κ3) is 4.31. The Labute approximate surface area is 203 Å². The van der Waals surface area contributed by atoms with Crippen molar-refractivity contribution in [2.75, 3.05) is 37.6 Å². The summed E-state index contributed by atoms with van der Waals surface area (Å²) >= 11 is 0. The summed E-state index contributed by atoms with van der Waals surface area (Å²) in [5, 5.41) is 13.5. The number of hydrogen-bond acceptors (Lipinski definition) is 6. The molecule has 3 aliphatic rings. The van der Waals surface area contributed by atoms with Gasteiger partial charge in [-0.25, -0.2) is 18.6 Å². The molecule has 2 saturated heterocycles. The zero-order valence-corrected chi connectivity index (χ0v) is 20.3. The molecule has 184 valence electrons. The van der Waals surface area contributed by atoms with Crippen LogP contribution in [0.1, 0.15) is 44.0 Å². The Morgan fingerprint density at radius 1 is 1.26 bits per heavy atom. The summed E-state index contributed by atoms with van der Waals surface area (Å²) in [5.74, 6) is -0.818. The maximum absolute atomic E-state index is 14.9. The Kier molecular flexibility index (Phi) is 5.67. The third-order valence-corrected chi connectivity index (χ3v) is 6.96. The van der Waals surface area contributed by atoms with E-state index in [0.29, 0.717) is 62.6 Å². The molecule has 0 unspecified atom stereocenters. The van der Waals surface area contributed by atoms with Crippen LogP contribution >= 0.6 is 0 Å². The number of amides is 1. The molecule has 9 heteroatoms. The van der Waals surface area contributed by atoms with Gasteiger partial charge in [0.25, 0.3) is 0 Å². The summed E-state index contributed by atoms with van der Waals surface area (Å²) in [6, 6.07) is 5.76. The van der Waals surface area contributed by atoms with Crippen LogP contribution in [0.4, 0.5) is 19.4 Å². The molecular weight excluding hydrogens is 452 g/mol. The second-order valence-electron chi connectivity index (χ2n) is 10.8. The maximum atomic E-state index is 14.9. The summed E-state index contributed by atoms with van der Waals surface area (Å²) in [6.45, 7) is 9.26. The van der Waals surface area contributed by atoms with Crippen LogP contribution in [-0.2, 0) is 17.7 Å². The van der Waals surface area contributed by atoms with E-state index < -0.39 is 17.2 Å². The minimum atomic E-state index is -0.690. The van der Waals surface area contributed by atoms with E-state index in [0.717, 1.165) is 23.7 Å². The molecule has 0 aliphatic carbocycles. The average molecular weight is 482 g/mol. The predicted octanol–water partition coefficient (Wildman–Crippen LogP) is 3.99. The predicted molar refractivity (Wildman–Crippen MR) is 127 cm³/mol. The Bertz CT molecular complexity index is 1230. The lowest BCUT2D eigenvalue weighted by Crippen LogP contribution is -2.60. The summed E-state index contributed by atoms with van der Waals surface area (Å²) < 4.78 is 34.0. The standard InChI is InChI=1S/C26H29F2N5O2/c1-25(2,3)35-24(34)33-14-26(15-33)7-9-32(13-26)23-19(11-29)22(17-5-4-16(27)10-20(17)28)18-6-8-30-12-21(18)31-23/h4-5,10,30H,6-9,12-15H2,1-3H3. The van der Waals surface area contributed by atoms with E-state index in [2.05, 4.69) is 16.3 Å². The number of ether oxygens (including phenoxy) is 1. The van der Waals surface area contributed by atoms with Gasteiger partial charge in [0, 0.05) is 55.3 Å². The van der Waals surface area contributed by atoms with Gasteiger partial charge in [-0.15, -0.1) is 0 Å². The quantitative estimate of drug-likeness (QED) is 0.699. The zero-order valence-electron chi connectivity index (χ0n) is 20.3. The first kappa shape index (κ1) is 23.5. The summed E-state index contributed by atoms with van der Waals surface area (Å²) in [6.07, 6.45) is 1.15. The van der Waals surface area contributed by atoms with Crippen LogP contribution < -0.4 is 10.2 Å². The maximum Gasteiger partial charge on any atom is 0.410 e. The van der Waals surface area contributed by atoms with Crippen LogP contribution in [0.2, 0.25) is 0 Å². The van der Waals surface area contributed by atoms with Crippen LogP contribution in [0.15, 0.2) is 18.2 Å². The number of hydrogen-bond donors (Lipinski definition) is 1. The van der Waals surface area contributed by atoms with E-state index in [-0.39, 0.29) is 17.1 Å². The fraction of sp³-hybridized carbons (Fsp3) is 0.500. The van der Waals surface area contributed by atoms with Gasteiger partial charge < -0.3 is 19.9 Å². The smallest absolute Gasteiger partial charge is 0.410 e. The molecule has 0 bridgehead atoms. The van der Waals surface area contributed by atoms with E-state index in [1.165, 1.54) is 12.1 Å². The largest absolute Gasteiger partial charge is 0.444 e. The molecule has 35 heavy (non-hydrogen) atoms. The fourth-order valence-corrected chi connectivity index (χ4v) is 5.41. The van der Waals surface area contributed by atoms with Crippen LogP contribution in [0.3, 0.4) is 0 Å². The number of nitrogens with one attached hydrogen (secondary N) is 1. The van der Waals surface area contributed by atoms with Gasteiger partial charge in [0.05, 0.1) is 5.69 Å². The fourth-order valence-electron chi connectivity index (χ4n) is 5.41. The molecule has 2 fully saturated rings. The first-order chi connectivity index (χ1) is 16.6. The van der Waals surface area contributed by atoms with Gasteiger partial charge in [-0.1, -0.05) is 0 Å². The van der Waals surface area contributed by atoms with E-state index in [9.17, 15) is 18.8 Å². The molecule has 1 aromatic carbocycles. The number of pyridine rings is 1. The molecule has 3 aliphatic heterocycles. The third-order valence-electron chi connectivity index (χ3n) is 6.96. The van der Waals surface area contributed by atoms with Crippen LogP contribution in [0.25, 0.3) is 11.1 Å². The molecule has 0 radical (unpaired) electrons. The van der Waals surface area contributed by atoms with Crippen molar-refractivity contribution >= 4 is 11.9 Å². The van der Waals surface area contributed by atoms with E-state index in [4.69, 9.17) is 9.72 Å². The number of nitriles is 1. The molecule has 1 spiro atoms. The normalized spacial score (nSPS) is 18.7. The van der Waals surface area contributed by atoms with Gasteiger partial charge in [-0.3, -0.25) is 0 Å². The first-order valence-electron chi connectivity index (χ1n) is 11.9. The lowest BCUT2D eigenvalue weighted by atomic mass is 9.79. The molecule has 5 rings (SSSR count). The van der Waals surface area contributed by atoms with Crippen molar-refractivity contribution in [1.29, 1.82) is 5.26 Å². The van der Waals surface area contributed by atoms with E-state index in [1.54, 1.807) is 4.90 Å². The van der Waals surface area contributed by atoms with Crippen molar-refractivity contribution in [3.8, 4) is 17.2 Å². The molecule has 2 aromatic rings. The topological polar surface area (TPSA) is 81.5 Å². The van der Waals surface area contributed by atoms with Crippen molar-refractivity contribution < 1.29 is 18.3 Å². The highest BCUT2D eigenvalue weighted by Crippen LogP contribution is 2.44. The molecule has 4 heterocycles. The van der Waals surface area contributed by atoms with Crippen molar-refractivity contribution in [2.45, 2.75) is 45.8 Å². The highest BCUT2D eigenvalue weighted by Gasteiger charge is 2.51. The molecular formula is C26H29F2N5O2. The Hall–Kier alpha value is -3.25. The summed E-state index contributed by atoms with van der Waals surface area (Å²) in [5.41, 5.74) is 2.04. The lowest BCUT2D eigenvalue weighted by molar-refractivity contribution is -0.0266. The monoisotopic (exact) mass is 481 g/mol. The van der Waals surface area contributed by atoms with Crippen molar-refractivity contribution in [3.05, 3.63) is 46.7 Å². The SMILES string of the molecule is CC(C)(C)OC(=O)N1CC2(CCN(c3nc4c(c(-c5ccc(F)cc5F)c3C#N)CCNC4)C2)C1. The number of aromatic nitrogens is 1. The summed E-state index contributed by atoms with van der Waals surface area (Å²) in [4.78, 5) is 21.1. The highest BCUT2D eigenvalue weighted by molar-refractivity contribution is 5.81. The minimum Gasteiger partial charge on any atom is -0.444 e. The Morgan fingerprint density at radius 2 is 2.03 bits per heavy atom. The molecule has 1 aromatic heterocycles. The van der Waals surface area contributed by atoms with Crippen LogP contribution in [-0.4, -0.2) is 54.3 Å². The highest BCUT2D eigenvalue weighted by atomic mass is 19.1. The Balaban J connectivity index is 1.47. The van der Waals surface area contributed by atoms with Gasteiger partial charge in [0.2, 0.25) is 0 Å². The number of halogens is 2. The van der Waals surface area contributed by atoms with Crippen molar-refractivity contribution in [1.82, 2.24) is 15.2 Å². The van der Waals surface area contributed by atoms with Gasteiger partial charge in [-0.05, 0) is 57.9 Å². The van der Waals surface area contributed by atoms with Gasteiger partial charge in [0.15, 0.2) is 0 Å². The second-order valence-corrected chi connectivity index (χ2v) is 10.8. The number of anilines is 1. The number of carbonyl (C=O) groups is 1. The van der Waals surface area contributed by atoms with Gasteiger partial charge in [-0.2, -0.15) is 5.26 Å². The molecule has 1 N–H and O–H groups in total. The van der Waals surface area contributed by atoms with Crippen molar-refractivity contribution in [3.63, 3.8) is 0 Å². The molecule has 1 amide bonds.